The van der Waals surface area contributed by atoms with Crippen LogP contribution in [0.2, 0.25) is 0 Å². The fraction of sp³-hybridized carbons (Fsp3) is 0.429. The molecule has 1 aliphatic heterocycles. The van der Waals surface area contributed by atoms with Crippen LogP contribution in [-0.4, -0.2) is 31.0 Å². The van der Waals surface area contributed by atoms with Gasteiger partial charge in [0.1, 0.15) is 5.39 Å². The van der Waals surface area contributed by atoms with Crippen LogP contribution in [-0.2, 0) is 10.3 Å². The number of aromatic nitrogens is 4. The predicted molar refractivity (Wildman–Crippen MR) is 116 cm³/mol. The summed E-state index contributed by atoms with van der Waals surface area (Å²) in [4.78, 5) is 30.5. The van der Waals surface area contributed by atoms with Gasteiger partial charge in [-0.05, 0) is 46.2 Å². The summed E-state index contributed by atoms with van der Waals surface area (Å²) in [6.07, 6.45) is 1.81. The Labute approximate surface area is 173 Å². The molecule has 152 valence electrons. The Morgan fingerprint density at radius 2 is 2.07 bits per heavy atom. The van der Waals surface area contributed by atoms with Crippen molar-refractivity contribution in [3.05, 3.63) is 45.9 Å². The second-order valence-corrected chi connectivity index (χ2v) is 9.56. The molecular formula is C21H25N5O2S. The summed E-state index contributed by atoms with van der Waals surface area (Å²) in [7, 11) is 0. The van der Waals surface area contributed by atoms with Crippen LogP contribution in [0.3, 0.4) is 0 Å². The molecule has 1 aromatic carbocycles. The van der Waals surface area contributed by atoms with Crippen molar-refractivity contribution in [2.24, 2.45) is 0 Å². The third kappa shape index (κ3) is 3.57. The summed E-state index contributed by atoms with van der Waals surface area (Å²) in [5.74, 6) is 0.547. The largest absolute Gasteiger partial charge is 0.326 e. The van der Waals surface area contributed by atoms with Gasteiger partial charge in [0.2, 0.25) is 5.91 Å². The molecule has 0 bridgehead atoms. The highest BCUT2D eigenvalue weighted by Crippen LogP contribution is 2.34. The van der Waals surface area contributed by atoms with Crippen LogP contribution in [0.15, 0.2) is 34.3 Å². The number of nitrogens with one attached hydrogen (secondary N) is 1. The summed E-state index contributed by atoms with van der Waals surface area (Å²) in [6.45, 7) is 10.1. The van der Waals surface area contributed by atoms with Gasteiger partial charge in [0.15, 0.2) is 10.8 Å². The minimum absolute atomic E-state index is 0.104. The van der Waals surface area contributed by atoms with E-state index in [-0.39, 0.29) is 29.5 Å². The zero-order valence-electron chi connectivity index (χ0n) is 17.3. The van der Waals surface area contributed by atoms with Gasteiger partial charge in [0.25, 0.3) is 5.56 Å². The second kappa shape index (κ2) is 7.02. The maximum Gasteiger partial charge on any atom is 0.265 e. The highest BCUT2D eigenvalue weighted by molar-refractivity contribution is 7.99. The van der Waals surface area contributed by atoms with Gasteiger partial charge >= 0.3 is 0 Å². The highest BCUT2D eigenvalue weighted by Gasteiger charge is 2.30. The van der Waals surface area contributed by atoms with Gasteiger partial charge in [0, 0.05) is 17.9 Å². The number of carbonyl (C=O) groups is 1. The lowest BCUT2D eigenvalue weighted by Gasteiger charge is -2.20. The first-order valence-electron chi connectivity index (χ1n) is 9.66. The van der Waals surface area contributed by atoms with E-state index in [1.807, 2.05) is 52.8 Å². The number of rotatable bonds is 3. The molecule has 2 aromatic heterocycles. The van der Waals surface area contributed by atoms with Crippen LogP contribution in [0, 0.1) is 13.8 Å². The summed E-state index contributed by atoms with van der Waals surface area (Å²) in [6, 6.07) is 5.71. The number of thioether (sulfide) groups is 1. The first kappa shape index (κ1) is 19.7. The lowest BCUT2D eigenvalue weighted by molar-refractivity contribution is -0.116. The minimum Gasteiger partial charge on any atom is -0.326 e. The summed E-state index contributed by atoms with van der Waals surface area (Å²) >= 11 is 1.51. The van der Waals surface area contributed by atoms with E-state index >= 15 is 0 Å². The van der Waals surface area contributed by atoms with Crippen molar-refractivity contribution in [1.29, 1.82) is 0 Å². The van der Waals surface area contributed by atoms with E-state index in [2.05, 4.69) is 10.4 Å². The fourth-order valence-corrected chi connectivity index (χ4v) is 4.77. The van der Waals surface area contributed by atoms with Crippen molar-refractivity contribution in [3.63, 3.8) is 0 Å². The average molecular weight is 412 g/mol. The third-order valence-electron chi connectivity index (χ3n) is 5.08. The topological polar surface area (TPSA) is 81.8 Å². The molecule has 3 heterocycles. The molecule has 1 amide bonds. The second-order valence-electron chi connectivity index (χ2n) is 8.57. The van der Waals surface area contributed by atoms with Crippen LogP contribution in [0.4, 0.5) is 5.69 Å². The molecule has 1 N–H and O–H groups in total. The first-order chi connectivity index (χ1) is 13.6. The number of carbonyl (C=O) groups excluding carboxylic acids is 1. The van der Waals surface area contributed by atoms with Crippen molar-refractivity contribution in [2.45, 2.75) is 57.8 Å². The van der Waals surface area contributed by atoms with Crippen LogP contribution in [0.5, 0.6) is 0 Å². The van der Waals surface area contributed by atoms with E-state index in [0.29, 0.717) is 21.9 Å². The highest BCUT2D eigenvalue weighted by atomic mass is 32.2. The number of anilines is 1. The molecule has 1 aliphatic rings. The van der Waals surface area contributed by atoms with Crippen LogP contribution < -0.4 is 10.9 Å². The number of nitrogens with zero attached hydrogens (tertiary/aromatic N) is 4. The molecule has 0 fully saturated rings. The van der Waals surface area contributed by atoms with Gasteiger partial charge in [0.05, 0.1) is 17.8 Å². The van der Waals surface area contributed by atoms with E-state index in [0.717, 1.165) is 16.8 Å². The van der Waals surface area contributed by atoms with Gasteiger partial charge in [-0.1, -0.05) is 29.5 Å². The van der Waals surface area contributed by atoms with E-state index < -0.39 is 0 Å². The smallest absolute Gasteiger partial charge is 0.265 e. The van der Waals surface area contributed by atoms with Gasteiger partial charge in [-0.15, -0.1) is 0 Å². The molecule has 0 saturated carbocycles. The maximum absolute atomic E-state index is 13.1. The first-order valence-corrected chi connectivity index (χ1v) is 10.6. The summed E-state index contributed by atoms with van der Waals surface area (Å²) in [5.41, 5.74) is 3.18. The van der Waals surface area contributed by atoms with E-state index in [4.69, 9.17) is 4.98 Å². The van der Waals surface area contributed by atoms with Crippen LogP contribution in [0.25, 0.3) is 11.0 Å². The Kier molecular flexibility index (Phi) is 4.77. The molecule has 29 heavy (non-hydrogen) atoms. The Balaban J connectivity index is 1.61. The third-order valence-corrected chi connectivity index (χ3v) is 6.18. The Morgan fingerprint density at radius 3 is 2.76 bits per heavy atom. The molecule has 0 radical (unpaired) electrons. The predicted octanol–water partition coefficient (Wildman–Crippen LogP) is 3.64. The average Bonchev–Trinajstić information content (AvgIpc) is 3.22. The fourth-order valence-electron chi connectivity index (χ4n) is 3.64. The molecule has 0 saturated heterocycles. The lowest BCUT2D eigenvalue weighted by atomic mass is 10.1. The molecule has 3 aromatic rings. The van der Waals surface area contributed by atoms with Crippen molar-refractivity contribution in [3.8, 4) is 0 Å². The minimum atomic E-state index is -0.269. The number of hydrogen-bond donors (Lipinski definition) is 1. The van der Waals surface area contributed by atoms with Crippen molar-refractivity contribution < 1.29 is 4.79 Å². The van der Waals surface area contributed by atoms with Gasteiger partial charge in [-0.25, -0.2) is 9.67 Å². The molecule has 8 heteroatoms. The Bertz CT molecular complexity index is 1170. The maximum atomic E-state index is 13.1. The Hall–Kier alpha value is -2.61. The summed E-state index contributed by atoms with van der Waals surface area (Å²) < 4.78 is 3.44. The molecule has 0 aliphatic carbocycles. The van der Waals surface area contributed by atoms with Crippen LogP contribution >= 0.6 is 11.8 Å². The number of benzene rings is 1. The van der Waals surface area contributed by atoms with Crippen molar-refractivity contribution in [1.82, 2.24) is 19.3 Å². The molecule has 1 unspecified atom stereocenters. The van der Waals surface area contributed by atoms with E-state index in [9.17, 15) is 9.59 Å². The zero-order chi connectivity index (χ0) is 20.9. The molecule has 7 nitrogen and oxygen atoms in total. The van der Waals surface area contributed by atoms with Crippen molar-refractivity contribution >= 4 is 34.4 Å². The van der Waals surface area contributed by atoms with Crippen molar-refractivity contribution in [2.75, 3.05) is 11.1 Å². The Morgan fingerprint density at radius 1 is 1.31 bits per heavy atom. The standard InChI is InChI=1S/C21H25N5O2S/c1-12-6-7-16(13(2)8-12)23-17(27)9-14-11-29-20-24-18-15(19(28)25(14)20)10-22-26(18)21(3,4)5/h6-8,10,14H,9,11H2,1-5H3,(H,23,27). The number of amides is 1. The zero-order valence-corrected chi connectivity index (χ0v) is 18.1. The van der Waals surface area contributed by atoms with Gasteiger partial charge in [-0.3, -0.25) is 14.2 Å². The number of fused-ring (bicyclic) bond motifs is 2. The number of hydrogen-bond acceptors (Lipinski definition) is 5. The van der Waals surface area contributed by atoms with Crippen LogP contribution in [0.1, 0.15) is 44.4 Å². The monoisotopic (exact) mass is 411 g/mol. The normalized spacial score (nSPS) is 16.2. The summed E-state index contributed by atoms with van der Waals surface area (Å²) in [5, 5.41) is 8.50. The molecule has 0 spiro atoms. The van der Waals surface area contributed by atoms with E-state index in [1.54, 1.807) is 15.4 Å². The number of aryl methyl sites for hydroxylation is 2. The van der Waals surface area contributed by atoms with Gasteiger partial charge in [-0.2, -0.15) is 5.10 Å². The quantitative estimate of drug-likeness (QED) is 0.666. The lowest BCUT2D eigenvalue weighted by Crippen LogP contribution is -2.29. The van der Waals surface area contributed by atoms with E-state index in [1.165, 1.54) is 11.8 Å². The molecule has 4 rings (SSSR count). The van der Waals surface area contributed by atoms with Gasteiger partial charge < -0.3 is 5.32 Å². The SMILES string of the molecule is Cc1ccc(NC(=O)CC2CSc3nc4c(cnn4C(C)(C)C)c(=O)n32)c(C)c1. The molecule has 1 atom stereocenters. The molecular weight excluding hydrogens is 386 g/mol.